The van der Waals surface area contributed by atoms with Crippen LogP contribution < -0.4 is 10.5 Å². The minimum absolute atomic E-state index is 0.563. The van der Waals surface area contributed by atoms with E-state index in [-0.39, 0.29) is 0 Å². The fraction of sp³-hybridized carbons (Fsp3) is 0.500. The second-order valence-electron chi connectivity index (χ2n) is 4.10. The number of nitrogen functional groups attached to an aromatic ring is 1. The van der Waals surface area contributed by atoms with Gasteiger partial charge in [0.2, 0.25) is 0 Å². The quantitative estimate of drug-likeness (QED) is 0.741. The number of benzene rings is 1. The van der Waals surface area contributed by atoms with Gasteiger partial charge in [-0.2, -0.15) is 0 Å². The van der Waals surface area contributed by atoms with Gasteiger partial charge in [-0.15, -0.1) is 0 Å². The van der Waals surface area contributed by atoms with Crippen molar-refractivity contribution < 1.29 is 14.6 Å². The molecule has 1 aliphatic rings. The van der Waals surface area contributed by atoms with E-state index in [0.29, 0.717) is 37.5 Å². The molecule has 16 heavy (non-hydrogen) atoms. The summed E-state index contributed by atoms with van der Waals surface area (Å²) in [6, 6.07) is 5.36. The highest BCUT2D eigenvalue weighted by Gasteiger charge is 2.33. The molecule has 1 aromatic rings. The van der Waals surface area contributed by atoms with Gasteiger partial charge in [0.05, 0.1) is 12.7 Å². The van der Waals surface area contributed by atoms with Gasteiger partial charge < -0.3 is 20.3 Å². The fourth-order valence-corrected chi connectivity index (χ4v) is 2.04. The normalized spacial score (nSPS) is 19.4. The summed E-state index contributed by atoms with van der Waals surface area (Å²) in [5.74, 6) is 0.712. The summed E-state index contributed by atoms with van der Waals surface area (Å²) in [7, 11) is 1.60. The zero-order valence-corrected chi connectivity index (χ0v) is 9.40. The van der Waals surface area contributed by atoms with Crippen molar-refractivity contribution in [3.05, 3.63) is 23.8 Å². The number of anilines is 1. The molecule has 1 aliphatic heterocycles. The molecule has 0 unspecified atom stereocenters. The topological polar surface area (TPSA) is 64.7 Å². The molecule has 0 radical (unpaired) electrons. The number of hydrogen-bond acceptors (Lipinski definition) is 4. The lowest BCUT2D eigenvalue weighted by Gasteiger charge is -2.33. The molecule has 0 spiro atoms. The van der Waals surface area contributed by atoms with Crippen LogP contribution in [0.3, 0.4) is 0 Å². The first kappa shape index (κ1) is 11.2. The highest BCUT2D eigenvalue weighted by molar-refractivity contribution is 5.53. The third kappa shape index (κ3) is 1.99. The zero-order chi connectivity index (χ0) is 11.6. The van der Waals surface area contributed by atoms with Crippen LogP contribution in [0.15, 0.2) is 18.2 Å². The summed E-state index contributed by atoms with van der Waals surface area (Å²) >= 11 is 0. The van der Waals surface area contributed by atoms with E-state index in [4.69, 9.17) is 15.2 Å². The minimum Gasteiger partial charge on any atom is -0.497 e. The number of methoxy groups -OCH3 is 1. The lowest BCUT2D eigenvalue weighted by Crippen LogP contribution is -2.34. The van der Waals surface area contributed by atoms with E-state index >= 15 is 0 Å². The van der Waals surface area contributed by atoms with Crippen LogP contribution >= 0.6 is 0 Å². The second-order valence-corrected chi connectivity index (χ2v) is 4.10. The summed E-state index contributed by atoms with van der Waals surface area (Å²) in [5.41, 5.74) is 6.37. The number of aliphatic hydroxyl groups is 1. The van der Waals surface area contributed by atoms with Gasteiger partial charge in [-0.3, -0.25) is 0 Å². The first-order chi connectivity index (χ1) is 7.65. The van der Waals surface area contributed by atoms with Crippen molar-refractivity contribution in [2.24, 2.45) is 0 Å². The van der Waals surface area contributed by atoms with E-state index in [9.17, 15) is 5.11 Å². The van der Waals surface area contributed by atoms with Gasteiger partial charge in [-0.1, -0.05) is 0 Å². The predicted octanol–water partition coefficient (Wildman–Crippen LogP) is 1.28. The van der Waals surface area contributed by atoms with Crippen molar-refractivity contribution in [1.82, 2.24) is 0 Å². The first-order valence-corrected chi connectivity index (χ1v) is 5.40. The van der Waals surface area contributed by atoms with E-state index in [0.717, 1.165) is 5.56 Å². The average molecular weight is 223 g/mol. The second kappa shape index (κ2) is 4.31. The molecule has 1 fully saturated rings. The maximum atomic E-state index is 10.5. The fourth-order valence-electron chi connectivity index (χ4n) is 2.04. The molecule has 0 bridgehead atoms. The lowest BCUT2D eigenvalue weighted by molar-refractivity contribution is -0.0675. The Hall–Kier alpha value is -1.26. The molecule has 2 rings (SSSR count). The van der Waals surface area contributed by atoms with Crippen molar-refractivity contribution in [2.75, 3.05) is 26.1 Å². The Morgan fingerprint density at radius 2 is 2.06 bits per heavy atom. The van der Waals surface area contributed by atoms with Crippen molar-refractivity contribution in [2.45, 2.75) is 18.4 Å². The van der Waals surface area contributed by atoms with E-state index in [1.165, 1.54) is 0 Å². The van der Waals surface area contributed by atoms with Crippen molar-refractivity contribution in [3.8, 4) is 5.75 Å². The maximum Gasteiger partial charge on any atom is 0.119 e. The third-order valence-electron chi connectivity index (χ3n) is 3.08. The molecule has 1 aromatic carbocycles. The Bertz CT molecular complexity index is 373. The summed E-state index contributed by atoms with van der Waals surface area (Å²) < 4.78 is 10.4. The molecule has 0 aromatic heterocycles. The van der Waals surface area contributed by atoms with E-state index in [1.807, 2.05) is 0 Å². The summed E-state index contributed by atoms with van der Waals surface area (Å²) in [4.78, 5) is 0. The Morgan fingerprint density at radius 1 is 1.38 bits per heavy atom. The molecule has 1 heterocycles. The Labute approximate surface area is 95.0 Å². The molecule has 88 valence electrons. The Balaban J connectivity index is 2.37. The molecule has 3 N–H and O–H groups in total. The van der Waals surface area contributed by atoms with Crippen LogP contribution in [0, 0.1) is 0 Å². The van der Waals surface area contributed by atoms with E-state index in [2.05, 4.69) is 0 Å². The largest absolute Gasteiger partial charge is 0.497 e. The van der Waals surface area contributed by atoms with Gasteiger partial charge in [0.1, 0.15) is 5.75 Å². The van der Waals surface area contributed by atoms with Crippen molar-refractivity contribution in [1.29, 1.82) is 0 Å². The number of ether oxygens (including phenoxy) is 2. The first-order valence-electron chi connectivity index (χ1n) is 5.40. The number of rotatable bonds is 2. The Morgan fingerprint density at radius 3 is 2.69 bits per heavy atom. The standard InChI is InChI=1S/C12H17NO3/c1-15-9-2-3-11(13)10(8-9)12(14)4-6-16-7-5-12/h2-3,8,14H,4-7,13H2,1H3. The molecular formula is C12H17NO3. The van der Waals surface area contributed by atoms with Crippen LogP contribution in [0.5, 0.6) is 5.75 Å². The molecule has 0 aliphatic carbocycles. The van der Waals surface area contributed by atoms with Gasteiger partial charge in [0.15, 0.2) is 0 Å². The predicted molar refractivity (Wildman–Crippen MR) is 61.4 cm³/mol. The minimum atomic E-state index is -0.878. The summed E-state index contributed by atoms with van der Waals surface area (Å²) in [6.45, 7) is 1.13. The van der Waals surface area contributed by atoms with Crippen molar-refractivity contribution in [3.63, 3.8) is 0 Å². The molecule has 0 amide bonds. The molecule has 0 saturated carbocycles. The Kier molecular flexibility index (Phi) is 3.03. The van der Waals surface area contributed by atoms with Gasteiger partial charge in [0, 0.05) is 37.3 Å². The van der Waals surface area contributed by atoms with E-state index in [1.54, 1.807) is 25.3 Å². The smallest absolute Gasteiger partial charge is 0.119 e. The van der Waals surface area contributed by atoms with Crippen LogP contribution in [0.25, 0.3) is 0 Å². The third-order valence-corrected chi connectivity index (χ3v) is 3.08. The van der Waals surface area contributed by atoms with Gasteiger partial charge in [0.25, 0.3) is 0 Å². The highest BCUT2D eigenvalue weighted by atomic mass is 16.5. The monoisotopic (exact) mass is 223 g/mol. The van der Waals surface area contributed by atoms with Crippen LogP contribution in [0.4, 0.5) is 5.69 Å². The van der Waals surface area contributed by atoms with Crippen LogP contribution in [0.2, 0.25) is 0 Å². The summed E-state index contributed by atoms with van der Waals surface area (Å²) in [5, 5.41) is 10.5. The van der Waals surface area contributed by atoms with Gasteiger partial charge in [-0.05, 0) is 18.2 Å². The van der Waals surface area contributed by atoms with Gasteiger partial charge >= 0.3 is 0 Å². The lowest BCUT2D eigenvalue weighted by atomic mass is 9.85. The van der Waals surface area contributed by atoms with Crippen LogP contribution in [-0.2, 0) is 10.3 Å². The van der Waals surface area contributed by atoms with Crippen LogP contribution in [-0.4, -0.2) is 25.4 Å². The molecule has 4 heteroatoms. The summed E-state index contributed by atoms with van der Waals surface area (Å²) in [6.07, 6.45) is 1.15. The molecule has 0 atom stereocenters. The highest BCUT2D eigenvalue weighted by Crippen LogP contribution is 2.37. The average Bonchev–Trinajstić information content (AvgIpc) is 2.30. The zero-order valence-electron chi connectivity index (χ0n) is 9.40. The SMILES string of the molecule is COc1ccc(N)c(C2(O)CCOCC2)c1. The number of nitrogens with two attached hydrogens (primary N) is 1. The maximum absolute atomic E-state index is 10.5. The number of hydrogen-bond donors (Lipinski definition) is 2. The van der Waals surface area contributed by atoms with Crippen molar-refractivity contribution >= 4 is 5.69 Å². The van der Waals surface area contributed by atoms with E-state index < -0.39 is 5.60 Å². The van der Waals surface area contributed by atoms with Crippen LogP contribution in [0.1, 0.15) is 18.4 Å². The molecule has 4 nitrogen and oxygen atoms in total. The molecule has 1 saturated heterocycles. The molecular weight excluding hydrogens is 206 g/mol. The van der Waals surface area contributed by atoms with Gasteiger partial charge in [-0.25, -0.2) is 0 Å².